The lowest BCUT2D eigenvalue weighted by Gasteiger charge is -2.08. The molecule has 0 spiro atoms. The van der Waals surface area contributed by atoms with Gasteiger partial charge in [0, 0.05) is 5.38 Å². The van der Waals surface area contributed by atoms with Gasteiger partial charge in [-0.25, -0.2) is 0 Å². The van der Waals surface area contributed by atoms with E-state index in [1.807, 2.05) is 0 Å². The Morgan fingerprint density at radius 1 is 0.588 bits per heavy atom. The van der Waals surface area contributed by atoms with Crippen LogP contribution in [0.4, 0.5) is 0 Å². The van der Waals surface area contributed by atoms with Gasteiger partial charge in [0.2, 0.25) is 0 Å². The fraction of sp³-hybridized carbons (Fsp3) is 1.00. The van der Waals surface area contributed by atoms with Crippen molar-refractivity contribution in [1.82, 2.24) is 0 Å². The number of rotatable bonds is 13. The van der Waals surface area contributed by atoms with Crippen LogP contribution in [0.3, 0.4) is 0 Å². The Morgan fingerprint density at radius 3 is 1.41 bits per heavy atom. The van der Waals surface area contributed by atoms with Crippen molar-refractivity contribution in [3.8, 4) is 0 Å². The standard InChI is InChI=1S/C16H33Cl/c1-3-5-7-9-10-11-13-15-16(17)14-12-8-6-4-2/h16H,3-15H2,1-2H3. The second-order valence-corrected chi connectivity index (χ2v) is 5.97. The lowest BCUT2D eigenvalue weighted by Crippen LogP contribution is -1.98. The molecule has 1 heteroatoms. The molecule has 0 radical (unpaired) electrons. The molecule has 0 nitrogen and oxygen atoms in total. The maximum Gasteiger partial charge on any atom is 0.0336 e. The minimum atomic E-state index is 0.447. The summed E-state index contributed by atoms with van der Waals surface area (Å²) in [4.78, 5) is 0. The molecule has 0 N–H and O–H groups in total. The average molecular weight is 261 g/mol. The van der Waals surface area contributed by atoms with E-state index in [9.17, 15) is 0 Å². The van der Waals surface area contributed by atoms with Gasteiger partial charge in [0.15, 0.2) is 0 Å². The van der Waals surface area contributed by atoms with Gasteiger partial charge >= 0.3 is 0 Å². The van der Waals surface area contributed by atoms with Crippen LogP contribution in [0.2, 0.25) is 0 Å². The van der Waals surface area contributed by atoms with Crippen LogP contribution in [0, 0.1) is 0 Å². The van der Waals surface area contributed by atoms with Crippen LogP contribution < -0.4 is 0 Å². The van der Waals surface area contributed by atoms with Gasteiger partial charge in [0.25, 0.3) is 0 Å². The van der Waals surface area contributed by atoms with Crippen LogP contribution in [-0.2, 0) is 0 Å². The highest BCUT2D eigenvalue weighted by Crippen LogP contribution is 2.17. The molecule has 0 rings (SSSR count). The third-order valence-corrected chi connectivity index (χ3v) is 3.93. The zero-order valence-electron chi connectivity index (χ0n) is 12.1. The second-order valence-electron chi connectivity index (χ2n) is 5.36. The van der Waals surface area contributed by atoms with E-state index in [1.165, 1.54) is 83.5 Å². The van der Waals surface area contributed by atoms with Gasteiger partial charge in [-0.05, 0) is 12.8 Å². The highest BCUT2D eigenvalue weighted by molar-refractivity contribution is 6.20. The Bertz CT molecular complexity index is 133. The van der Waals surface area contributed by atoms with Crippen molar-refractivity contribution < 1.29 is 0 Å². The van der Waals surface area contributed by atoms with E-state index in [2.05, 4.69) is 13.8 Å². The van der Waals surface area contributed by atoms with Crippen LogP contribution in [0.5, 0.6) is 0 Å². The first-order chi connectivity index (χ1) is 8.31. The van der Waals surface area contributed by atoms with Gasteiger partial charge in [0.05, 0.1) is 0 Å². The molecule has 0 aromatic heterocycles. The Morgan fingerprint density at radius 2 is 0.941 bits per heavy atom. The molecule has 17 heavy (non-hydrogen) atoms. The Hall–Kier alpha value is 0.290. The van der Waals surface area contributed by atoms with Gasteiger partial charge < -0.3 is 0 Å². The largest absolute Gasteiger partial charge is 0.123 e. The molecule has 0 fully saturated rings. The van der Waals surface area contributed by atoms with E-state index in [-0.39, 0.29) is 0 Å². The summed E-state index contributed by atoms with van der Waals surface area (Å²) in [5, 5.41) is 0.447. The number of alkyl halides is 1. The SMILES string of the molecule is CCCCCCCCCC(Cl)CCCCCC. The molecule has 0 saturated heterocycles. The van der Waals surface area contributed by atoms with E-state index in [0.717, 1.165) is 0 Å². The molecule has 0 aliphatic carbocycles. The topological polar surface area (TPSA) is 0 Å². The monoisotopic (exact) mass is 260 g/mol. The van der Waals surface area contributed by atoms with Crippen LogP contribution in [0.25, 0.3) is 0 Å². The molecule has 0 amide bonds. The average Bonchev–Trinajstić information content (AvgIpc) is 2.33. The quantitative estimate of drug-likeness (QED) is 0.255. The summed E-state index contributed by atoms with van der Waals surface area (Å²) in [6.45, 7) is 4.54. The van der Waals surface area contributed by atoms with Crippen molar-refractivity contribution in [2.75, 3.05) is 0 Å². The van der Waals surface area contributed by atoms with Crippen LogP contribution in [0.1, 0.15) is 97.3 Å². The fourth-order valence-electron chi connectivity index (χ4n) is 2.26. The third kappa shape index (κ3) is 14.2. The number of hydrogen-bond donors (Lipinski definition) is 0. The summed E-state index contributed by atoms with van der Waals surface area (Å²) in [5.74, 6) is 0. The first-order valence-electron chi connectivity index (χ1n) is 7.95. The van der Waals surface area contributed by atoms with Crippen molar-refractivity contribution in [3.05, 3.63) is 0 Å². The van der Waals surface area contributed by atoms with Crippen molar-refractivity contribution >= 4 is 11.6 Å². The van der Waals surface area contributed by atoms with Gasteiger partial charge in [-0.1, -0.05) is 84.5 Å². The van der Waals surface area contributed by atoms with Crippen LogP contribution in [-0.4, -0.2) is 5.38 Å². The maximum absolute atomic E-state index is 6.32. The van der Waals surface area contributed by atoms with Crippen LogP contribution in [0.15, 0.2) is 0 Å². The predicted octanol–water partition coefficient (Wildman–Crippen LogP) is 6.70. The van der Waals surface area contributed by atoms with E-state index in [0.29, 0.717) is 5.38 Å². The van der Waals surface area contributed by atoms with Crippen molar-refractivity contribution in [2.45, 2.75) is 103 Å². The summed E-state index contributed by atoms with van der Waals surface area (Å²) >= 11 is 6.32. The molecule has 104 valence electrons. The highest BCUT2D eigenvalue weighted by Gasteiger charge is 2.03. The van der Waals surface area contributed by atoms with Gasteiger partial charge in [-0.15, -0.1) is 11.6 Å². The smallest absolute Gasteiger partial charge is 0.0336 e. The van der Waals surface area contributed by atoms with Crippen molar-refractivity contribution in [2.24, 2.45) is 0 Å². The molecule has 0 aromatic rings. The molecule has 0 aromatic carbocycles. The fourth-order valence-corrected chi connectivity index (χ4v) is 2.57. The third-order valence-electron chi connectivity index (χ3n) is 3.49. The van der Waals surface area contributed by atoms with E-state index < -0.39 is 0 Å². The first kappa shape index (κ1) is 17.3. The summed E-state index contributed by atoms with van der Waals surface area (Å²) in [5.41, 5.74) is 0. The molecular formula is C16H33Cl. The Kier molecular flexibility index (Phi) is 14.6. The molecule has 0 bridgehead atoms. The number of hydrogen-bond acceptors (Lipinski definition) is 0. The summed E-state index contributed by atoms with van der Waals surface area (Å²) in [6.07, 6.45) is 17.6. The molecular weight excluding hydrogens is 228 g/mol. The van der Waals surface area contributed by atoms with Crippen molar-refractivity contribution in [1.29, 1.82) is 0 Å². The lowest BCUT2D eigenvalue weighted by molar-refractivity contribution is 0.542. The Balaban J connectivity index is 3.08. The zero-order valence-corrected chi connectivity index (χ0v) is 12.9. The number of halogens is 1. The molecule has 0 saturated carbocycles. The second kappa shape index (κ2) is 14.4. The molecule has 0 heterocycles. The van der Waals surface area contributed by atoms with Gasteiger partial charge in [-0.2, -0.15) is 0 Å². The molecule has 0 aliphatic heterocycles. The first-order valence-corrected chi connectivity index (χ1v) is 8.39. The summed E-state index contributed by atoms with van der Waals surface area (Å²) in [7, 11) is 0. The minimum Gasteiger partial charge on any atom is -0.123 e. The molecule has 0 aliphatic rings. The van der Waals surface area contributed by atoms with E-state index >= 15 is 0 Å². The lowest BCUT2D eigenvalue weighted by atomic mass is 10.0. The van der Waals surface area contributed by atoms with Crippen molar-refractivity contribution in [3.63, 3.8) is 0 Å². The van der Waals surface area contributed by atoms with Gasteiger partial charge in [-0.3, -0.25) is 0 Å². The number of unbranched alkanes of at least 4 members (excludes halogenated alkanes) is 9. The zero-order chi connectivity index (χ0) is 12.8. The molecule has 1 unspecified atom stereocenters. The van der Waals surface area contributed by atoms with Crippen LogP contribution >= 0.6 is 11.6 Å². The maximum atomic E-state index is 6.32. The predicted molar refractivity (Wildman–Crippen MR) is 81.0 cm³/mol. The minimum absolute atomic E-state index is 0.447. The Labute approximate surface area is 115 Å². The van der Waals surface area contributed by atoms with E-state index in [1.54, 1.807) is 0 Å². The normalized spacial score (nSPS) is 12.9. The summed E-state index contributed by atoms with van der Waals surface area (Å²) < 4.78 is 0. The van der Waals surface area contributed by atoms with Gasteiger partial charge in [0.1, 0.15) is 0 Å². The summed E-state index contributed by atoms with van der Waals surface area (Å²) in [6, 6.07) is 0. The molecule has 1 atom stereocenters. The van der Waals surface area contributed by atoms with E-state index in [4.69, 9.17) is 11.6 Å². The highest BCUT2D eigenvalue weighted by atomic mass is 35.5.